The van der Waals surface area contributed by atoms with Crippen LogP contribution in [0.25, 0.3) is 0 Å². The summed E-state index contributed by atoms with van der Waals surface area (Å²) < 4.78 is 4.81. The number of ether oxygens (including phenoxy) is 1. The molecule has 0 saturated heterocycles. The normalized spacial score (nSPS) is 10.5. The summed E-state index contributed by atoms with van der Waals surface area (Å²) in [7, 11) is 0. The molecule has 0 unspecified atom stereocenters. The maximum atomic E-state index is 10.5. The first-order chi connectivity index (χ1) is 7.24. The first-order valence-electron chi connectivity index (χ1n) is 4.48. The molecule has 0 spiro atoms. The third kappa shape index (κ3) is 3.76. The van der Waals surface area contributed by atoms with Crippen LogP contribution in [0.2, 0.25) is 0 Å². The van der Waals surface area contributed by atoms with Crippen LogP contribution in [-0.2, 0) is 16.0 Å². The van der Waals surface area contributed by atoms with E-state index in [0.29, 0.717) is 18.7 Å². The van der Waals surface area contributed by atoms with Gasteiger partial charge >= 0.3 is 5.97 Å². The molecule has 0 bridgehead atoms. The zero-order valence-corrected chi connectivity index (χ0v) is 8.38. The second-order valence-corrected chi connectivity index (χ2v) is 2.88. The van der Waals surface area contributed by atoms with Crippen molar-refractivity contribution in [2.24, 2.45) is 5.16 Å². The van der Waals surface area contributed by atoms with Crippen molar-refractivity contribution >= 4 is 12.2 Å². The van der Waals surface area contributed by atoms with Gasteiger partial charge in [0.15, 0.2) is 0 Å². The molecule has 1 aromatic heterocycles. The maximum Gasteiger partial charge on any atom is 0.302 e. The van der Waals surface area contributed by atoms with Crippen LogP contribution >= 0.6 is 0 Å². The van der Waals surface area contributed by atoms with E-state index in [9.17, 15) is 4.79 Å². The van der Waals surface area contributed by atoms with E-state index in [1.807, 2.05) is 6.07 Å². The number of pyridine rings is 1. The van der Waals surface area contributed by atoms with Crippen LogP contribution in [0.4, 0.5) is 0 Å². The summed E-state index contributed by atoms with van der Waals surface area (Å²) in [5.74, 6) is -0.309. The standard InChI is InChI=1S/C10H12N2O3/c1-8(13)15-6-4-9-3-2-5-11-10(9)7-12-14/h2-3,5,7,14H,4,6H2,1H3/b12-7-. The van der Waals surface area contributed by atoms with Crippen molar-refractivity contribution in [3.05, 3.63) is 29.6 Å². The lowest BCUT2D eigenvalue weighted by atomic mass is 10.1. The smallest absolute Gasteiger partial charge is 0.302 e. The molecule has 0 aliphatic carbocycles. The fourth-order valence-corrected chi connectivity index (χ4v) is 1.14. The van der Waals surface area contributed by atoms with Gasteiger partial charge in [-0.1, -0.05) is 11.2 Å². The minimum Gasteiger partial charge on any atom is -0.466 e. The van der Waals surface area contributed by atoms with Crippen LogP contribution < -0.4 is 0 Å². The van der Waals surface area contributed by atoms with Crippen molar-refractivity contribution in [1.82, 2.24) is 4.98 Å². The minimum atomic E-state index is -0.309. The number of nitrogens with zero attached hydrogens (tertiary/aromatic N) is 2. The molecule has 0 radical (unpaired) electrons. The van der Waals surface area contributed by atoms with Crippen molar-refractivity contribution in [3.63, 3.8) is 0 Å². The van der Waals surface area contributed by atoms with E-state index >= 15 is 0 Å². The van der Waals surface area contributed by atoms with Gasteiger partial charge < -0.3 is 9.94 Å². The van der Waals surface area contributed by atoms with Crippen LogP contribution in [0.15, 0.2) is 23.5 Å². The molecule has 80 valence electrons. The maximum absolute atomic E-state index is 10.5. The number of rotatable bonds is 4. The van der Waals surface area contributed by atoms with Gasteiger partial charge in [0.2, 0.25) is 0 Å². The highest BCUT2D eigenvalue weighted by Gasteiger charge is 2.01. The summed E-state index contributed by atoms with van der Waals surface area (Å²) in [6, 6.07) is 3.62. The topological polar surface area (TPSA) is 71.8 Å². The molecule has 0 aliphatic heterocycles. The van der Waals surface area contributed by atoms with Crippen LogP contribution in [0.1, 0.15) is 18.2 Å². The van der Waals surface area contributed by atoms with Gasteiger partial charge in [0, 0.05) is 19.5 Å². The monoisotopic (exact) mass is 208 g/mol. The molecule has 1 heterocycles. The van der Waals surface area contributed by atoms with Gasteiger partial charge in [0.05, 0.1) is 18.5 Å². The number of esters is 1. The first kappa shape index (κ1) is 11.2. The number of oxime groups is 1. The predicted molar refractivity (Wildman–Crippen MR) is 54.0 cm³/mol. The molecule has 1 rings (SSSR count). The zero-order chi connectivity index (χ0) is 11.1. The summed E-state index contributed by atoms with van der Waals surface area (Å²) in [6.07, 6.45) is 3.41. The lowest BCUT2D eigenvalue weighted by Crippen LogP contribution is -2.05. The van der Waals surface area contributed by atoms with Crippen LogP contribution in [0.3, 0.4) is 0 Å². The molecule has 5 nitrogen and oxygen atoms in total. The van der Waals surface area contributed by atoms with E-state index in [-0.39, 0.29) is 5.97 Å². The largest absolute Gasteiger partial charge is 0.466 e. The van der Waals surface area contributed by atoms with Crippen LogP contribution in [-0.4, -0.2) is 29.0 Å². The minimum absolute atomic E-state index is 0.299. The highest BCUT2D eigenvalue weighted by Crippen LogP contribution is 2.04. The zero-order valence-electron chi connectivity index (χ0n) is 8.38. The van der Waals surface area contributed by atoms with Gasteiger partial charge in [0.1, 0.15) is 0 Å². The van der Waals surface area contributed by atoms with E-state index < -0.39 is 0 Å². The van der Waals surface area contributed by atoms with Gasteiger partial charge in [-0.05, 0) is 11.6 Å². The third-order valence-electron chi connectivity index (χ3n) is 1.78. The SMILES string of the molecule is CC(=O)OCCc1cccnc1/C=N\O. The van der Waals surface area contributed by atoms with Gasteiger partial charge in [-0.15, -0.1) is 0 Å². The van der Waals surface area contributed by atoms with Crippen molar-refractivity contribution in [2.75, 3.05) is 6.61 Å². The number of hydrogen-bond donors (Lipinski definition) is 1. The molecule has 0 aliphatic rings. The van der Waals surface area contributed by atoms with Gasteiger partial charge in [-0.2, -0.15) is 0 Å². The van der Waals surface area contributed by atoms with E-state index in [4.69, 9.17) is 9.94 Å². The number of carbonyl (C=O) groups excluding carboxylic acids is 1. The van der Waals surface area contributed by atoms with Crippen molar-refractivity contribution < 1.29 is 14.7 Å². The molecule has 0 aromatic carbocycles. The number of hydrogen-bond acceptors (Lipinski definition) is 5. The average molecular weight is 208 g/mol. The Labute approximate surface area is 87.4 Å². The molecule has 1 N–H and O–H groups in total. The fraction of sp³-hybridized carbons (Fsp3) is 0.300. The Morgan fingerprint density at radius 2 is 2.53 bits per heavy atom. The highest BCUT2D eigenvalue weighted by molar-refractivity contribution is 5.78. The summed E-state index contributed by atoms with van der Waals surface area (Å²) in [4.78, 5) is 14.6. The van der Waals surface area contributed by atoms with Crippen molar-refractivity contribution in [3.8, 4) is 0 Å². The summed E-state index contributed by atoms with van der Waals surface area (Å²) in [5, 5.41) is 11.3. The molecular weight excluding hydrogens is 196 g/mol. The van der Waals surface area contributed by atoms with Crippen LogP contribution in [0, 0.1) is 0 Å². The molecule has 1 aromatic rings. The van der Waals surface area contributed by atoms with E-state index in [1.54, 1.807) is 12.3 Å². The van der Waals surface area contributed by atoms with E-state index in [0.717, 1.165) is 5.56 Å². The third-order valence-corrected chi connectivity index (χ3v) is 1.78. The molecule has 0 atom stereocenters. The quantitative estimate of drug-likeness (QED) is 0.346. The number of aromatic nitrogens is 1. The van der Waals surface area contributed by atoms with Crippen LogP contribution in [0.5, 0.6) is 0 Å². The number of carbonyl (C=O) groups is 1. The Morgan fingerprint density at radius 1 is 1.73 bits per heavy atom. The fourth-order valence-electron chi connectivity index (χ4n) is 1.14. The summed E-state index contributed by atoms with van der Waals surface area (Å²) in [5.41, 5.74) is 1.45. The summed E-state index contributed by atoms with van der Waals surface area (Å²) >= 11 is 0. The molecule has 0 fully saturated rings. The predicted octanol–water partition coefficient (Wildman–Crippen LogP) is 0.995. The second kappa shape index (κ2) is 5.74. The van der Waals surface area contributed by atoms with Crippen molar-refractivity contribution in [1.29, 1.82) is 0 Å². The average Bonchev–Trinajstić information content (AvgIpc) is 2.20. The lowest BCUT2D eigenvalue weighted by Gasteiger charge is -2.04. The molecule has 0 saturated carbocycles. The second-order valence-electron chi connectivity index (χ2n) is 2.88. The summed E-state index contributed by atoms with van der Waals surface area (Å²) in [6.45, 7) is 1.66. The van der Waals surface area contributed by atoms with E-state index in [2.05, 4.69) is 10.1 Å². The molecular formula is C10H12N2O3. The first-order valence-corrected chi connectivity index (χ1v) is 4.48. The highest BCUT2D eigenvalue weighted by atomic mass is 16.5. The van der Waals surface area contributed by atoms with Gasteiger partial charge in [0.25, 0.3) is 0 Å². The Balaban J connectivity index is 2.63. The molecule has 5 heteroatoms. The molecule has 15 heavy (non-hydrogen) atoms. The Morgan fingerprint density at radius 3 is 3.20 bits per heavy atom. The van der Waals surface area contributed by atoms with E-state index in [1.165, 1.54) is 13.1 Å². The Kier molecular flexibility index (Phi) is 4.28. The van der Waals surface area contributed by atoms with Crippen molar-refractivity contribution in [2.45, 2.75) is 13.3 Å². The van der Waals surface area contributed by atoms with Gasteiger partial charge in [-0.25, -0.2) is 0 Å². The Hall–Kier alpha value is -1.91. The lowest BCUT2D eigenvalue weighted by molar-refractivity contribution is -0.140. The van der Waals surface area contributed by atoms with Gasteiger partial charge in [-0.3, -0.25) is 9.78 Å². The molecule has 0 amide bonds. The Bertz CT molecular complexity index is 363.